The quantitative estimate of drug-likeness (QED) is 0.696. The Morgan fingerprint density at radius 3 is 2.58 bits per heavy atom. The molecule has 2 N–H and O–H groups in total. The first-order valence-electron chi connectivity index (χ1n) is 6.99. The van der Waals surface area contributed by atoms with E-state index in [1.165, 1.54) is 43.1 Å². The van der Waals surface area contributed by atoms with Gasteiger partial charge >= 0.3 is 12.0 Å². The zero-order chi connectivity index (χ0) is 14.1. The molecule has 1 saturated carbocycles. The average Bonchev–Trinajstić information content (AvgIpc) is 2.39. The largest absolute Gasteiger partial charge is 0.480 e. The minimum atomic E-state index is -1.01. The van der Waals surface area contributed by atoms with E-state index >= 15 is 0 Å². The van der Waals surface area contributed by atoms with Crippen molar-refractivity contribution < 1.29 is 14.7 Å². The van der Waals surface area contributed by atoms with Gasteiger partial charge in [0.2, 0.25) is 0 Å². The third kappa shape index (κ3) is 6.27. The number of urea groups is 1. The van der Waals surface area contributed by atoms with Crippen LogP contribution in [0.1, 0.15) is 38.5 Å². The number of carboxylic acid groups (broad SMARTS) is 1. The van der Waals surface area contributed by atoms with Crippen molar-refractivity contribution in [2.45, 2.75) is 38.5 Å². The van der Waals surface area contributed by atoms with Gasteiger partial charge in [0.15, 0.2) is 0 Å². The second kappa shape index (κ2) is 8.56. The third-order valence-corrected chi connectivity index (χ3v) is 3.52. The molecule has 0 aromatic carbocycles. The summed E-state index contributed by atoms with van der Waals surface area (Å²) in [6.45, 7) is 4.11. The van der Waals surface area contributed by atoms with Crippen LogP contribution in [0.15, 0.2) is 12.7 Å². The molecule has 1 aliphatic carbocycles. The molecule has 0 heterocycles. The van der Waals surface area contributed by atoms with E-state index in [0.29, 0.717) is 12.5 Å². The molecule has 0 bridgehead atoms. The molecule has 0 spiro atoms. The molecule has 0 unspecified atom stereocenters. The summed E-state index contributed by atoms with van der Waals surface area (Å²) in [5.74, 6) is -0.300. The monoisotopic (exact) mass is 268 g/mol. The number of carbonyl (C=O) groups excluding carboxylic acids is 1. The third-order valence-electron chi connectivity index (χ3n) is 3.52. The smallest absolute Gasteiger partial charge is 0.323 e. The van der Waals surface area contributed by atoms with Gasteiger partial charge < -0.3 is 15.3 Å². The second-order valence-corrected chi connectivity index (χ2v) is 5.09. The maximum Gasteiger partial charge on any atom is 0.323 e. The van der Waals surface area contributed by atoms with Crippen molar-refractivity contribution >= 4 is 12.0 Å². The number of hydrogen-bond donors (Lipinski definition) is 2. The van der Waals surface area contributed by atoms with Gasteiger partial charge in [-0.2, -0.15) is 0 Å². The lowest BCUT2D eigenvalue weighted by atomic mass is 9.87. The van der Waals surface area contributed by atoms with Crippen molar-refractivity contribution in [3.8, 4) is 0 Å². The lowest BCUT2D eigenvalue weighted by molar-refractivity contribution is -0.137. The minimum Gasteiger partial charge on any atom is -0.480 e. The summed E-state index contributed by atoms with van der Waals surface area (Å²) in [6.07, 6.45) is 8.93. The highest BCUT2D eigenvalue weighted by atomic mass is 16.4. The van der Waals surface area contributed by atoms with Crippen LogP contribution in [0.5, 0.6) is 0 Å². The zero-order valence-electron chi connectivity index (χ0n) is 11.4. The average molecular weight is 268 g/mol. The van der Waals surface area contributed by atoms with Gasteiger partial charge in [0.25, 0.3) is 0 Å². The fraction of sp³-hybridized carbons (Fsp3) is 0.714. The fourth-order valence-corrected chi connectivity index (χ4v) is 2.51. The first kappa shape index (κ1) is 15.5. The van der Waals surface area contributed by atoms with Crippen molar-refractivity contribution in [3.63, 3.8) is 0 Å². The predicted octanol–water partition coefficient (Wildman–Crippen LogP) is 2.24. The number of amides is 2. The van der Waals surface area contributed by atoms with Gasteiger partial charge in [-0.1, -0.05) is 38.2 Å². The topological polar surface area (TPSA) is 69.6 Å². The van der Waals surface area contributed by atoms with Crippen LogP contribution in [0.3, 0.4) is 0 Å². The van der Waals surface area contributed by atoms with E-state index in [1.807, 2.05) is 0 Å². The van der Waals surface area contributed by atoms with Gasteiger partial charge in [-0.25, -0.2) is 4.79 Å². The molecule has 1 fully saturated rings. The number of nitrogens with one attached hydrogen (secondary N) is 1. The summed E-state index contributed by atoms with van der Waals surface area (Å²) in [5.41, 5.74) is 0. The van der Waals surface area contributed by atoms with Crippen LogP contribution in [0.2, 0.25) is 0 Å². The molecule has 1 rings (SSSR count). The summed E-state index contributed by atoms with van der Waals surface area (Å²) >= 11 is 0. The van der Waals surface area contributed by atoms with Crippen LogP contribution in [-0.2, 0) is 4.79 Å². The van der Waals surface area contributed by atoms with Gasteiger partial charge in [0.1, 0.15) is 6.54 Å². The molecular formula is C14H24N2O3. The summed E-state index contributed by atoms with van der Waals surface area (Å²) < 4.78 is 0. The number of carbonyl (C=O) groups is 2. The Kier molecular flexibility index (Phi) is 7.00. The van der Waals surface area contributed by atoms with E-state index in [0.717, 1.165) is 6.42 Å². The first-order valence-corrected chi connectivity index (χ1v) is 6.99. The van der Waals surface area contributed by atoms with E-state index < -0.39 is 5.97 Å². The minimum absolute atomic E-state index is 0.252. The molecule has 1 aliphatic rings. The molecule has 0 aliphatic heterocycles. The number of nitrogens with zero attached hydrogens (tertiary/aromatic N) is 1. The SMILES string of the molecule is C=CCN(CC(=O)O)C(=O)NCCC1CCCCC1. The lowest BCUT2D eigenvalue weighted by Crippen LogP contribution is -2.43. The van der Waals surface area contributed by atoms with Crippen LogP contribution in [0.4, 0.5) is 4.79 Å². The summed E-state index contributed by atoms with van der Waals surface area (Å²) in [7, 11) is 0. The Morgan fingerprint density at radius 1 is 1.32 bits per heavy atom. The van der Waals surface area contributed by atoms with Gasteiger partial charge in [0.05, 0.1) is 0 Å². The molecule has 0 aromatic heterocycles. The molecule has 0 radical (unpaired) electrons. The van der Waals surface area contributed by atoms with E-state index in [2.05, 4.69) is 11.9 Å². The molecule has 2 amide bonds. The standard InChI is InChI=1S/C14H24N2O3/c1-2-10-16(11-13(17)18)14(19)15-9-8-12-6-4-3-5-7-12/h2,12H,1,3-11H2,(H,15,19)(H,17,18). The van der Waals surface area contributed by atoms with Crippen molar-refractivity contribution in [3.05, 3.63) is 12.7 Å². The Hall–Kier alpha value is -1.52. The fourth-order valence-electron chi connectivity index (χ4n) is 2.51. The van der Waals surface area contributed by atoms with Gasteiger partial charge in [-0.3, -0.25) is 4.79 Å². The molecule has 108 valence electrons. The molecule has 0 saturated heterocycles. The normalized spacial score (nSPS) is 15.8. The van der Waals surface area contributed by atoms with Crippen molar-refractivity contribution in [1.29, 1.82) is 0 Å². The predicted molar refractivity (Wildman–Crippen MR) is 74.0 cm³/mol. The highest BCUT2D eigenvalue weighted by Gasteiger charge is 2.16. The maximum absolute atomic E-state index is 11.8. The van der Waals surface area contributed by atoms with E-state index in [4.69, 9.17) is 5.11 Å². The van der Waals surface area contributed by atoms with Gasteiger partial charge in [0, 0.05) is 13.1 Å². The van der Waals surface area contributed by atoms with E-state index in [9.17, 15) is 9.59 Å². The van der Waals surface area contributed by atoms with E-state index in [1.54, 1.807) is 0 Å². The first-order chi connectivity index (χ1) is 9.13. The van der Waals surface area contributed by atoms with E-state index in [-0.39, 0.29) is 19.1 Å². The van der Waals surface area contributed by atoms with Crippen LogP contribution < -0.4 is 5.32 Å². The molecular weight excluding hydrogens is 244 g/mol. The van der Waals surface area contributed by atoms with Crippen LogP contribution in [0.25, 0.3) is 0 Å². The molecule has 5 nitrogen and oxygen atoms in total. The highest BCUT2D eigenvalue weighted by Crippen LogP contribution is 2.25. The summed E-state index contributed by atoms with van der Waals surface area (Å²) in [6, 6.07) is -0.321. The Balaban J connectivity index is 2.26. The molecule has 19 heavy (non-hydrogen) atoms. The number of aliphatic carboxylic acids is 1. The Labute approximate surface area is 114 Å². The number of hydrogen-bond acceptors (Lipinski definition) is 2. The number of rotatable bonds is 7. The lowest BCUT2D eigenvalue weighted by Gasteiger charge is -2.23. The van der Waals surface area contributed by atoms with Crippen molar-refractivity contribution in [2.24, 2.45) is 5.92 Å². The summed E-state index contributed by atoms with van der Waals surface area (Å²) in [5, 5.41) is 11.5. The van der Waals surface area contributed by atoms with Crippen LogP contribution in [0, 0.1) is 5.92 Å². The Bertz CT molecular complexity index is 312. The zero-order valence-corrected chi connectivity index (χ0v) is 11.4. The Morgan fingerprint density at radius 2 is 2.00 bits per heavy atom. The molecule has 5 heteroatoms. The van der Waals surface area contributed by atoms with Crippen molar-refractivity contribution in [2.75, 3.05) is 19.6 Å². The van der Waals surface area contributed by atoms with Crippen molar-refractivity contribution in [1.82, 2.24) is 10.2 Å². The summed E-state index contributed by atoms with van der Waals surface area (Å²) in [4.78, 5) is 23.7. The number of carboxylic acids is 1. The molecule has 0 atom stereocenters. The van der Waals surface area contributed by atoms with Gasteiger partial charge in [-0.15, -0.1) is 6.58 Å². The highest BCUT2D eigenvalue weighted by molar-refractivity contribution is 5.80. The van der Waals surface area contributed by atoms with Crippen LogP contribution in [-0.4, -0.2) is 41.6 Å². The maximum atomic E-state index is 11.8. The molecule has 0 aromatic rings. The van der Waals surface area contributed by atoms with Gasteiger partial charge in [-0.05, 0) is 12.3 Å². The second-order valence-electron chi connectivity index (χ2n) is 5.09. The van der Waals surface area contributed by atoms with Crippen LogP contribution >= 0.6 is 0 Å².